The minimum Gasteiger partial charge on any atom is -0.507 e. The first-order valence-electron chi connectivity index (χ1n) is 5.49. The van der Waals surface area contributed by atoms with Crippen LogP contribution >= 0.6 is 0 Å². The largest absolute Gasteiger partial charge is 0.507 e. The minimum absolute atomic E-state index is 0.0187. The molecule has 0 saturated heterocycles. The third-order valence-electron chi connectivity index (χ3n) is 2.72. The van der Waals surface area contributed by atoms with E-state index in [9.17, 15) is 9.90 Å². The van der Waals surface area contributed by atoms with Crippen LogP contribution in [0, 0.1) is 11.3 Å². The molecule has 88 valence electrons. The third kappa shape index (κ3) is 2.38. The molecule has 1 N–H and O–H groups in total. The Kier molecular flexibility index (Phi) is 3.40. The van der Waals surface area contributed by atoms with Gasteiger partial charge in [0.15, 0.2) is 6.29 Å². The van der Waals surface area contributed by atoms with Gasteiger partial charge in [0.25, 0.3) is 0 Å². The van der Waals surface area contributed by atoms with E-state index in [1.54, 1.807) is 12.1 Å². The van der Waals surface area contributed by atoms with Gasteiger partial charge in [-0.2, -0.15) is 5.26 Å². The standard InChI is InChI=1S/C15H11NO2/c16-8-7-11-1-3-12(4-2-11)13-5-6-15(18)14(9-13)10-17/h1-6,9-10,18H,7H2. The Labute approximate surface area is 105 Å². The summed E-state index contributed by atoms with van der Waals surface area (Å²) in [6.07, 6.45) is 1.01. The Morgan fingerprint density at radius 1 is 1.11 bits per heavy atom. The number of carbonyl (C=O) groups is 1. The van der Waals surface area contributed by atoms with Crippen molar-refractivity contribution in [2.75, 3.05) is 0 Å². The molecule has 0 aliphatic carbocycles. The van der Waals surface area contributed by atoms with E-state index in [1.165, 1.54) is 6.07 Å². The van der Waals surface area contributed by atoms with Crippen LogP contribution in [0.25, 0.3) is 11.1 Å². The van der Waals surface area contributed by atoms with E-state index in [4.69, 9.17) is 5.26 Å². The average Bonchev–Trinajstić information content (AvgIpc) is 2.41. The molecule has 0 unspecified atom stereocenters. The normalized spacial score (nSPS) is 9.72. The van der Waals surface area contributed by atoms with Gasteiger partial charge in [-0.15, -0.1) is 0 Å². The number of aldehydes is 1. The summed E-state index contributed by atoms with van der Waals surface area (Å²) in [5.74, 6) is -0.0187. The van der Waals surface area contributed by atoms with Crippen LogP contribution in [0.4, 0.5) is 0 Å². The molecule has 0 saturated carbocycles. The van der Waals surface area contributed by atoms with Crippen molar-refractivity contribution in [2.24, 2.45) is 0 Å². The van der Waals surface area contributed by atoms with Crippen LogP contribution in [0.5, 0.6) is 5.75 Å². The van der Waals surface area contributed by atoms with Crippen LogP contribution in [0.2, 0.25) is 0 Å². The van der Waals surface area contributed by atoms with Gasteiger partial charge in [-0.05, 0) is 28.8 Å². The first kappa shape index (κ1) is 11.9. The van der Waals surface area contributed by atoms with Crippen molar-refractivity contribution in [1.29, 1.82) is 5.26 Å². The minimum atomic E-state index is -0.0187. The van der Waals surface area contributed by atoms with Gasteiger partial charge in [0.05, 0.1) is 18.1 Å². The topological polar surface area (TPSA) is 61.1 Å². The summed E-state index contributed by atoms with van der Waals surface area (Å²) < 4.78 is 0. The van der Waals surface area contributed by atoms with E-state index in [0.29, 0.717) is 12.7 Å². The SMILES string of the molecule is N#CCc1ccc(-c2ccc(O)c(C=O)c2)cc1. The molecule has 2 rings (SSSR count). The number of phenols is 1. The van der Waals surface area contributed by atoms with Crippen LogP contribution in [-0.2, 0) is 6.42 Å². The van der Waals surface area contributed by atoms with Gasteiger partial charge >= 0.3 is 0 Å². The molecule has 3 nitrogen and oxygen atoms in total. The molecule has 0 aromatic heterocycles. The molecule has 0 aliphatic rings. The lowest BCUT2D eigenvalue weighted by atomic mass is 10.0. The highest BCUT2D eigenvalue weighted by Crippen LogP contribution is 2.25. The number of carbonyl (C=O) groups excluding carboxylic acids is 1. The van der Waals surface area contributed by atoms with Crippen LogP contribution in [0.3, 0.4) is 0 Å². The summed E-state index contributed by atoms with van der Waals surface area (Å²) in [5, 5.41) is 18.0. The van der Waals surface area contributed by atoms with Crippen molar-refractivity contribution in [2.45, 2.75) is 6.42 Å². The summed E-state index contributed by atoms with van der Waals surface area (Å²) in [7, 11) is 0. The number of benzene rings is 2. The molecule has 0 atom stereocenters. The number of nitrogens with zero attached hydrogens (tertiary/aromatic N) is 1. The van der Waals surface area contributed by atoms with Crippen LogP contribution < -0.4 is 0 Å². The second-order valence-corrected chi connectivity index (χ2v) is 3.92. The van der Waals surface area contributed by atoms with Crippen molar-refractivity contribution in [3.05, 3.63) is 53.6 Å². The third-order valence-corrected chi connectivity index (χ3v) is 2.72. The second kappa shape index (κ2) is 5.15. The summed E-state index contributed by atoms with van der Waals surface area (Å²) in [6.45, 7) is 0. The number of nitriles is 1. The van der Waals surface area contributed by atoms with Crippen molar-refractivity contribution in [3.8, 4) is 22.9 Å². The maximum Gasteiger partial charge on any atom is 0.153 e. The van der Waals surface area contributed by atoms with Crippen LogP contribution in [0.15, 0.2) is 42.5 Å². The first-order chi connectivity index (χ1) is 8.74. The predicted octanol–water partition coefficient (Wildman–Crippen LogP) is 2.94. The fourth-order valence-corrected chi connectivity index (χ4v) is 1.73. The molecule has 0 aliphatic heterocycles. The summed E-state index contributed by atoms with van der Waals surface area (Å²) in [5.41, 5.74) is 3.03. The molecule has 0 fully saturated rings. The second-order valence-electron chi connectivity index (χ2n) is 3.92. The van der Waals surface area contributed by atoms with Gasteiger partial charge < -0.3 is 5.11 Å². The Morgan fingerprint density at radius 3 is 2.39 bits per heavy atom. The zero-order valence-electron chi connectivity index (χ0n) is 9.63. The zero-order chi connectivity index (χ0) is 13.0. The van der Waals surface area contributed by atoms with Crippen LogP contribution in [-0.4, -0.2) is 11.4 Å². The smallest absolute Gasteiger partial charge is 0.153 e. The van der Waals surface area contributed by atoms with Crippen molar-refractivity contribution < 1.29 is 9.90 Å². The van der Waals surface area contributed by atoms with Gasteiger partial charge in [-0.3, -0.25) is 4.79 Å². The average molecular weight is 237 g/mol. The lowest BCUT2D eigenvalue weighted by molar-refractivity contribution is 0.112. The summed E-state index contributed by atoms with van der Waals surface area (Å²) in [6, 6.07) is 14.5. The number of aromatic hydroxyl groups is 1. The highest BCUT2D eigenvalue weighted by Gasteiger charge is 2.03. The number of hydrogen-bond donors (Lipinski definition) is 1. The lowest BCUT2D eigenvalue weighted by Gasteiger charge is -2.04. The van der Waals surface area contributed by atoms with E-state index >= 15 is 0 Å². The van der Waals surface area contributed by atoms with E-state index in [1.807, 2.05) is 24.3 Å². The molecule has 0 heterocycles. The van der Waals surface area contributed by atoms with Gasteiger partial charge in [0.2, 0.25) is 0 Å². The molecule has 0 radical (unpaired) electrons. The molecule has 2 aromatic carbocycles. The quantitative estimate of drug-likeness (QED) is 0.835. The maximum absolute atomic E-state index is 10.8. The number of hydrogen-bond acceptors (Lipinski definition) is 3. The molecule has 18 heavy (non-hydrogen) atoms. The van der Waals surface area contributed by atoms with Gasteiger partial charge in [-0.1, -0.05) is 30.3 Å². The zero-order valence-corrected chi connectivity index (χ0v) is 9.63. The van der Waals surface area contributed by atoms with Crippen molar-refractivity contribution in [3.63, 3.8) is 0 Å². The molecular formula is C15H11NO2. The molecule has 0 bridgehead atoms. The molecule has 3 heteroatoms. The monoisotopic (exact) mass is 237 g/mol. The molecular weight excluding hydrogens is 226 g/mol. The Hall–Kier alpha value is -2.60. The Balaban J connectivity index is 2.37. The van der Waals surface area contributed by atoms with E-state index in [-0.39, 0.29) is 11.3 Å². The lowest BCUT2D eigenvalue weighted by Crippen LogP contribution is -1.85. The van der Waals surface area contributed by atoms with Crippen LogP contribution in [0.1, 0.15) is 15.9 Å². The Morgan fingerprint density at radius 2 is 1.78 bits per heavy atom. The van der Waals surface area contributed by atoms with Gasteiger partial charge in [-0.25, -0.2) is 0 Å². The molecule has 2 aromatic rings. The molecule has 0 amide bonds. The molecule has 0 spiro atoms. The summed E-state index contributed by atoms with van der Waals surface area (Å²) in [4.78, 5) is 10.8. The first-order valence-corrected chi connectivity index (χ1v) is 5.49. The van der Waals surface area contributed by atoms with E-state index < -0.39 is 0 Å². The highest BCUT2D eigenvalue weighted by atomic mass is 16.3. The number of rotatable bonds is 3. The number of phenolic OH excluding ortho intramolecular Hbond substituents is 1. The maximum atomic E-state index is 10.8. The predicted molar refractivity (Wildman–Crippen MR) is 68.2 cm³/mol. The fourth-order valence-electron chi connectivity index (χ4n) is 1.73. The van der Waals surface area contributed by atoms with Crippen molar-refractivity contribution in [1.82, 2.24) is 0 Å². The van der Waals surface area contributed by atoms with Crippen molar-refractivity contribution >= 4 is 6.29 Å². The van der Waals surface area contributed by atoms with E-state index in [0.717, 1.165) is 16.7 Å². The Bertz CT molecular complexity index is 609. The van der Waals surface area contributed by atoms with Gasteiger partial charge in [0.1, 0.15) is 5.75 Å². The summed E-state index contributed by atoms with van der Waals surface area (Å²) >= 11 is 0. The fraction of sp³-hybridized carbons (Fsp3) is 0.0667. The van der Waals surface area contributed by atoms with Gasteiger partial charge in [0, 0.05) is 0 Å². The highest BCUT2D eigenvalue weighted by molar-refractivity contribution is 5.82. The van der Waals surface area contributed by atoms with E-state index in [2.05, 4.69) is 6.07 Å².